The smallest absolute Gasteiger partial charge is 0.339 e. The Hall–Kier alpha value is -1.44. The van der Waals surface area contributed by atoms with E-state index in [0.29, 0.717) is 19.5 Å². The van der Waals surface area contributed by atoms with E-state index in [-0.39, 0.29) is 21.9 Å². The van der Waals surface area contributed by atoms with E-state index < -0.39 is 16.0 Å². The predicted molar refractivity (Wildman–Crippen MR) is 82.9 cm³/mol. The van der Waals surface area contributed by atoms with Gasteiger partial charge in [0.15, 0.2) is 0 Å². The van der Waals surface area contributed by atoms with Crippen molar-refractivity contribution in [2.45, 2.75) is 31.2 Å². The lowest BCUT2D eigenvalue weighted by Gasteiger charge is -2.41. The monoisotopic (exact) mass is 326 g/mol. The van der Waals surface area contributed by atoms with Gasteiger partial charge in [-0.1, -0.05) is 26.0 Å². The minimum absolute atomic E-state index is 0.0203. The molecule has 0 amide bonds. The number of methoxy groups -OCH3 is 1. The SMILES string of the molecule is COC(=O)c1ccccc1S(=O)(=O)N1CCC(N)C(C)(C)C1. The summed E-state index contributed by atoms with van der Waals surface area (Å²) in [7, 11) is -2.53. The lowest BCUT2D eigenvalue weighted by molar-refractivity contribution is 0.0596. The maximum absolute atomic E-state index is 12.9. The van der Waals surface area contributed by atoms with Gasteiger partial charge in [-0.15, -0.1) is 0 Å². The Morgan fingerprint density at radius 1 is 1.36 bits per heavy atom. The van der Waals surface area contributed by atoms with Gasteiger partial charge in [0, 0.05) is 19.1 Å². The molecular weight excluding hydrogens is 304 g/mol. The molecule has 1 atom stereocenters. The van der Waals surface area contributed by atoms with E-state index in [2.05, 4.69) is 4.74 Å². The molecule has 1 aromatic rings. The molecule has 22 heavy (non-hydrogen) atoms. The number of carbonyl (C=O) groups is 1. The van der Waals surface area contributed by atoms with Gasteiger partial charge in [0.1, 0.15) is 0 Å². The number of rotatable bonds is 3. The van der Waals surface area contributed by atoms with Crippen LogP contribution in [0.25, 0.3) is 0 Å². The Kier molecular flexibility index (Phi) is 4.60. The minimum Gasteiger partial charge on any atom is -0.465 e. The molecule has 2 N–H and O–H groups in total. The number of sulfonamides is 1. The summed E-state index contributed by atoms with van der Waals surface area (Å²) in [6.07, 6.45) is 0.590. The van der Waals surface area contributed by atoms with Crippen molar-refractivity contribution in [3.63, 3.8) is 0 Å². The van der Waals surface area contributed by atoms with Crippen molar-refractivity contribution in [2.24, 2.45) is 11.1 Å². The highest BCUT2D eigenvalue weighted by Crippen LogP contribution is 2.32. The van der Waals surface area contributed by atoms with Crippen LogP contribution in [-0.4, -0.2) is 44.9 Å². The van der Waals surface area contributed by atoms with Crippen LogP contribution in [0.4, 0.5) is 0 Å². The van der Waals surface area contributed by atoms with Gasteiger partial charge in [-0.05, 0) is 24.0 Å². The van der Waals surface area contributed by atoms with Crippen LogP contribution in [-0.2, 0) is 14.8 Å². The number of ether oxygens (including phenoxy) is 1. The molecule has 1 aromatic carbocycles. The Morgan fingerprint density at radius 3 is 2.59 bits per heavy atom. The van der Waals surface area contributed by atoms with Gasteiger partial charge in [0.25, 0.3) is 0 Å². The van der Waals surface area contributed by atoms with Gasteiger partial charge >= 0.3 is 5.97 Å². The summed E-state index contributed by atoms with van der Waals surface area (Å²) in [6, 6.07) is 6.05. The lowest BCUT2D eigenvalue weighted by atomic mass is 9.81. The molecule has 6 nitrogen and oxygen atoms in total. The summed E-state index contributed by atoms with van der Waals surface area (Å²) in [4.78, 5) is 11.8. The van der Waals surface area contributed by atoms with E-state index in [1.807, 2.05) is 13.8 Å². The van der Waals surface area contributed by atoms with Crippen LogP contribution in [0.1, 0.15) is 30.6 Å². The first-order valence-electron chi connectivity index (χ1n) is 7.13. The largest absolute Gasteiger partial charge is 0.465 e. The van der Waals surface area contributed by atoms with Crippen molar-refractivity contribution in [1.82, 2.24) is 4.31 Å². The molecule has 0 spiro atoms. The Labute approximate surface area is 131 Å². The van der Waals surface area contributed by atoms with Crippen molar-refractivity contribution in [1.29, 1.82) is 0 Å². The van der Waals surface area contributed by atoms with Crippen LogP contribution >= 0.6 is 0 Å². The van der Waals surface area contributed by atoms with E-state index in [0.717, 1.165) is 0 Å². The number of hydrogen-bond donors (Lipinski definition) is 1. The van der Waals surface area contributed by atoms with Gasteiger partial charge in [-0.25, -0.2) is 13.2 Å². The second kappa shape index (κ2) is 5.98. The molecule has 1 fully saturated rings. The fourth-order valence-electron chi connectivity index (χ4n) is 2.64. The fraction of sp³-hybridized carbons (Fsp3) is 0.533. The van der Waals surface area contributed by atoms with Crippen LogP contribution in [0.2, 0.25) is 0 Å². The number of nitrogens with zero attached hydrogens (tertiary/aromatic N) is 1. The molecule has 2 rings (SSSR count). The lowest BCUT2D eigenvalue weighted by Crippen LogP contribution is -2.53. The third-order valence-corrected chi connectivity index (χ3v) is 6.09. The normalized spacial score (nSPS) is 22.3. The Morgan fingerprint density at radius 2 is 2.00 bits per heavy atom. The topological polar surface area (TPSA) is 89.7 Å². The van der Waals surface area contributed by atoms with E-state index in [1.54, 1.807) is 12.1 Å². The molecule has 0 aromatic heterocycles. The highest BCUT2D eigenvalue weighted by atomic mass is 32.2. The molecule has 1 saturated heterocycles. The van der Waals surface area contributed by atoms with Crippen LogP contribution in [0, 0.1) is 5.41 Å². The zero-order chi connectivity index (χ0) is 16.5. The molecule has 0 radical (unpaired) electrons. The van der Waals surface area contributed by atoms with Gasteiger partial charge < -0.3 is 10.5 Å². The number of esters is 1. The minimum atomic E-state index is -3.77. The highest BCUT2D eigenvalue weighted by molar-refractivity contribution is 7.89. The second-order valence-electron chi connectivity index (χ2n) is 6.21. The average Bonchev–Trinajstić information content (AvgIpc) is 2.49. The number of hydrogen-bond acceptors (Lipinski definition) is 5. The third kappa shape index (κ3) is 3.02. The van der Waals surface area contributed by atoms with Crippen molar-refractivity contribution in [3.05, 3.63) is 29.8 Å². The summed E-state index contributed by atoms with van der Waals surface area (Å²) in [5.41, 5.74) is 5.80. The molecule has 1 heterocycles. The predicted octanol–water partition coefficient (Wildman–Crippen LogP) is 1.22. The molecular formula is C15H22N2O4S. The zero-order valence-electron chi connectivity index (χ0n) is 13.1. The summed E-state index contributed by atoms with van der Waals surface area (Å²) in [6.45, 7) is 4.57. The van der Waals surface area contributed by atoms with Crippen molar-refractivity contribution in [3.8, 4) is 0 Å². The average molecular weight is 326 g/mol. The highest BCUT2D eigenvalue weighted by Gasteiger charge is 2.39. The number of carbonyl (C=O) groups excluding carboxylic acids is 1. The van der Waals surface area contributed by atoms with Gasteiger partial charge in [-0.2, -0.15) is 4.31 Å². The first-order chi connectivity index (χ1) is 10.2. The van der Waals surface area contributed by atoms with Crippen molar-refractivity contribution < 1.29 is 17.9 Å². The number of benzene rings is 1. The molecule has 122 valence electrons. The van der Waals surface area contributed by atoms with Gasteiger partial charge in [-0.3, -0.25) is 0 Å². The molecule has 0 bridgehead atoms. The quantitative estimate of drug-likeness (QED) is 0.844. The van der Waals surface area contributed by atoms with Crippen LogP contribution < -0.4 is 5.73 Å². The van der Waals surface area contributed by atoms with Crippen LogP contribution in [0.15, 0.2) is 29.2 Å². The van der Waals surface area contributed by atoms with Crippen LogP contribution in [0.5, 0.6) is 0 Å². The van der Waals surface area contributed by atoms with Crippen molar-refractivity contribution >= 4 is 16.0 Å². The van der Waals surface area contributed by atoms with E-state index in [4.69, 9.17) is 5.73 Å². The van der Waals surface area contributed by atoms with Gasteiger partial charge in [0.2, 0.25) is 10.0 Å². The first kappa shape index (κ1) is 16.9. The molecule has 0 saturated carbocycles. The third-order valence-electron chi connectivity index (χ3n) is 4.19. The Bertz CT molecular complexity index is 670. The maximum atomic E-state index is 12.9. The number of nitrogens with two attached hydrogens (primary N) is 1. The van der Waals surface area contributed by atoms with E-state index >= 15 is 0 Å². The Balaban J connectivity index is 2.42. The molecule has 0 aliphatic carbocycles. The van der Waals surface area contributed by atoms with Gasteiger partial charge in [0.05, 0.1) is 17.6 Å². The maximum Gasteiger partial charge on any atom is 0.339 e. The summed E-state index contributed by atoms with van der Waals surface area (Å²) in [5.74, 6) is -0.660. The molecule has 7 heteroatoms. The summed E-state index contributed by atoms with van der Waals surface area (Å²) >= 11 is 0. The van der Waals surface area contributed by atoms with Crippen LogP contribution in [0.3, 0.4) is 0 Å². The number of piperidine rings is 1. The first-order valence-corrected chi connectivity index (χ1v) is 8.57. The molecule has 1 aliphatic rings. The van der Waals surface area contributed by atoms with E-state index in [9.17, 15) is 13.2 Å². The molecule has 1 unspecified atom stereocenters. The fourth-order valence-corrected chi connectivity index (χ4v) is 4.45. The second-order valence-corrected chi connectivity index (χ2v) is 8.12. The summed E-state index contributed by atoms with van der Waals surface area (Å²) < 4.78 is 31.9. The zero-order valence-corrected chi connectivity index (χ0v) is 13.9. The van der Waals surface area contributed by atoms with E-state index in [1.165, 1.54) is 23.5 Å². The summed E-state index contributed by atoms with van der Waals surface area (Å²) in [5, 5.41) is 0. The van der Waals surface area contributed by atoms with Crippen molar-refractivity contribution in [2.75, 3.05) is 20.2 Å². The molecule has 1 aliphatic heterocycles. The standard InChI is InChI=1S/C15H22N2O4S/c1-15(2)10-17(9-8-13(15)16)22(19,20)12-7-5-4-6-11(12)14(18)21-3/h4-7,13H,8-10,16H2,1-3H3.